The molecule has 2 aliphatic heterocycles. The van der Waals surface area contributed by atoms with Crippen molar-refractivity contribution in [1.29, 1.82) is 0 Å². The molecule has 1 fully saturated rings. The van der Waals surface area contributed by atoms with E-state index >= 15 is 0 Å². The topological polar surface area (TPSA) is 66.8 Å². The third-order valence-electron chi connectivity index (χ3n) is 5.83. The monoisotopic (exact) mass is 338 g/mol. The van der Waals surface area contributed by atoms with Crippen LogP contribution < -0.4 is 0 Å². The van der Waals surface area contributed by atoms with Crippen LogP contribution >= 0.6 is 0 Å². The average Bonchev–Trinajstić information content (AvgIpc) is 2.43. The predicted octanol–water partition coefficient (Wildman–Crippen LogP) is 3.40. The fraction of sp³-hybridized carbons (Fsp3) is 0.850. The van der Waals surface area contributed by atoms with Crippen molar-refractivity contribution in [3.8, 4) is 0 Å². The molecule has 0 unspecified atom stereocenters. The number of carbonyl (C=O) groups excluding carboxylic acids is 1. The van der Waals surface area contributed by atoms with Crippen LogP contribution in [0.25, 0.3) is 0 Å². The summed E-state index contributed by atoms with van der Waals surface area (Å²) in [5, 5.41) is 21.4. The molecule has 0 aromatic heterocycles. The molecule has 1 saturated heterocycles. The summed E-state index contributed by atoms with van der Waals surface area (Å²) in [7, 11) is 0. The average molecular weight is 338 g/mol. The van der Waals surface area contributed by atoms with E-state index in [9.17, 15) is 15.0 Å². The molecule has 2 aliphatic rings. The molecule has 0 spiro atoms. The molecule has 0 radical (unpaired) electrons. The Morgan fingerprint density at radius 2 is 1.83 bits per heavy atom. The lowest BCUT2D eigenvalue weighted by molar-refractivity contribution is -0.212. The molecule has 5 atom stereocenters. The second-order valence-electron chi connectivity index (χ2n) is 8.87. The highest BCUT2D eigenvalue weighted by Crippen LogP contribution is 2.43. The molecule has 4 heteroatoms. The Hall–Kier alpha value is -0.710. The van der Waals surface area contributed by atoms with Crippen LogP contribution in [0.1, 0.15) is 73.1 Å². The molecule has 0 aliphatic carbocycles. The minimum atomic E-state index is -1.16. The number of fused-ring (bicyclic) bond motifs is 2. The van der Waals surface area contributed by atoms with Gasteiger partial charge >= 0.3 is 0 Å². The van der Waals surface area contributed by atoms with Crippen LogP contribution in [-0.2, 0) is 9.53 Å². The molecule has 24 heavy (non-hydrogen) atoms. The van der Waals surface area contributed by atoms with Crippen molar-refractivity contribution in [2.45, 2.75) is 96.1 Å². The maximum Gasteiger partial charge on any atom is 0.136 e. The van der Waals surface area contributed by atoms with Gasteiger partial charge in [-0.25, -0.2) is 0 Å². The summed E-state index contributed by atoms with van der Waals surface area (Å²) in [5.74, 6) is 0.542. The van der Waals surface area contributed by atoms with Gasteiger partial charge in [0.15, 0.2) is 0 Å². The Balaban J connectivity index is 2.39. The summed E-state index contributed by atoms with van der Waals surface area (Å²) in [4.78, 5) is 12.2. The van der Waals surface area contributed by atoms with Crippen LogP contribution in [0.15, 0.2) is 12.2 Å². The maximum atomic E-state index is 12.2. The molecular formula is C20H34O4. The summed E-state index contributed by atoms with van der Waals surface area (Å²) in [6, 6.07) is 0. The van der Waals surface area contributed by atoms with Gasteiger partial charge in [-0.2, -0.15) is 0 Å². The van der Waals surface area contributed by atoms with Gasteiger partial charge in [0, 0.05) is 12.8 Å². The lowest BCUT2D eigenvalue weighted by atomic mass is 9.74. The van der Waals surface area contributed by atoms with Crippen molar-refractivity contribution in [3.63, 3.8) is 0 Å². The van der Waals surface area contributed by atoms with Crippen molar-refractivity contribution in [2.24, 2.45) is 11.8 Å². The molecule has 138 valence electrons. The van der Waals surface area contributed by atoms with Crippen LogP contribution in [0.3, 0.4) is 0 Å². The maximum absolute atomic E-state index is 12.2. The van der Waals surface area contributed by atoms with Gasteiger partial charge < -0.3 is 14.9 Å². The number of ether oxygens (including phenoxy) is 1. The van der Waals surface area contributed by atoms with Gasteiger partial charge in [-0.3, -0.25) is 4.79 Å². The summed E-state index contributed by atoms with van der Waals surface area (Å²) in [5.41, 5.74) is -2.50. The first kappa shape index (κ1) is 19.6. The van der Waals surface area contributed by atoms with Gasteiger partial charge in [-0.1, -0.05) is 32.9 Å². The van der Waals surface area contributed by atoms with E-state index in [1.807, 2.05) is 13.0 Å². The van der Waals surface area contributed by atoms with E-state index < -0.39 is 16.8 Å². The van der Waals surface area contributed by atoms with Crippen molar-refractivity contribution < 1.29 is 19.7 Å². The Morgan fingerprint density at radius 1 is 1.17 bits per heavy atom. The van der Waals surface area contributed by atoms with Crippen LogP contribution in [-0.4, -0.2) is 38.9 Å². The van der Waals surface area contributed by atoms with Crippen molar-refractivity contribution >= 4 is 5.78 Å². The standard InChI is InChI=1S/C20H34O4/c1-14(2)20-10-8-18(4,22)13-16(21)12-15(3)6-7-17(24-20)19(5,23)9-11-20/h8,10,14-15,17,22-23H,6-7,9,11-13H2,1-5H3/t15-,17-,18+,19+,20-/m0/s1. The zero-order valence-electron chi connectivity index (χ0n) is 15.8. The zero-order valence-corrected chi connectivity index (χ0v) is 15.8. The number of carbonyl (C=O) groups is 1. The highest BCUT2D eigenvalue weighted by molar-refractivity contribution is 5.79. The Bertz CT molecular complexity index is 492. The number of ketones is 1. The quantitative estimate of drug-likeness (QED) is 0.719. The molecule has 0 aromatic carbocycles. The fourth-order valence-corrected chi connectivity index (χ4v) is 3.95. The normalized spacial score (nSPS) is 44.9. The number of aliphatic hydroxyl groups is 2. The minimum Gasteiger partial charge on any atom is -0.387 e. The van der Waals surface area contributed by atoms with E-state index in [1.165, 1.54) is 0 Å². The summed E-state index contributed by atoms with van der Waals surface area (Å²) >= 11 is 0. The zero-order chi connectivity index (χ0) is 18.2. The first-order valence-electron chi connectivity index (χ1n) is 9.30. The van der Waals surface area contributed by atoms with E-state index in [1.54, 1.807) is 13.0 Å². The van der Waals surface area contributed by atoms with Crippen LogP contribution in [0.4, 0.5) is 0 Å². The third-order valence-corrected chi connectivity index (χ3v) is 5.83. The second kappa shape index (κ2) is 6.89. The summed E-state index contributed by atoms with van der Waals surface area (Å²) in [6.45, 7) is 9.80. The largest absolute Gasteiger partial charge is 0.387 e. The number of hydrogen-bond donors (Lipinski definition) is 2. The molecule has 4 nitrogen and oxygen atoms in total. The van der Waals surface area contributed by atoms with E-state index in [0.29, 0.717) is 19.3 Å². The van der Waals surface area contributed by atoms with Gasteiger partial charge in [0.25, 0.3) is 0 Å². The first-order valence-corrected chi connectivity index (χ1v) is 9.30. The fourth-order valence-electron chi connectivity index (χ4n) is 3.95. The molecule has 0 amide bonds. The third kappa shape index (κ3) is 4.47. The van der Waals surface area contributed by atoms with Gasteiger partial charge in [0.1, 0.15) is 5.78 Å². The lowest BCUT2D eigenvalue weighted by Crippen LogP contribution is -2.55. The summed E-state index contributed by atoms with van der Waals surface area (Å²) < 4.78 is 6.46. The SMILES string of the molecule is CC(C)[C@@]12C=C[C@@](C)(O)CC(=O)C[C@@H](C)CC[C@H](O1)[C@](C)(O)CC2. The van der Waals surface area contributed by atoms with E-state index in [4.69, 9.17) is 4.74 Å². The van der Waals surface area contributed by atoms with Crippen LogP contribution in [0.2, 0.25) is 0 Å². The van der Waals surface area contributed by atoms with Gasteiger partial charge in [-0.05, 0) is 51.4 Å². The Kier molecular flexibility index (Phi) is 5.63. The molecule has 0 aromatic rings. The Labute approximate surface area is 146 Å². The molecule has 2 bridgehead atoms. The van der Waals surface area contributed by atoms with E-state index in [-0.39, 0.29) is 30.1 Å². The minimum absolute atomic E-state index is 0.0918. The Morgan fingerprint density at radius 3 is 2.46 bits per heavy atom. The predicted molar refractivity (Wildman–Crippen MR) is 94.7 cm³/mol. The van der Waals surface area contributed by atoms with Crippen LogP contribution in [0, 0.1) is 11.8 Å². The molecule has 2 rings (SSSR count). The van der Waals surface area contributed by atoms with E-state index in [2.05, 4.69) is 20.8 Å². The number of hydrogen-bond acceptors (Lipinski definition) is 4. The molecule has 0 saturated carbocycles. The lowest BCUT2D eigenvalue weighted by Gasteiger charge is -2.49. The van der Waals surface area contributed by atoms with Crippen molar-refractivity contribution in [2.75, 3.05) is 0 Å². The number of Topliss-reactive ketones (excluding diaryl/α,β-unsaturated/α-hetero) is 1. The second-order valence-corrected chi connectivity index (χ2v) is 8.87. The highest BCUT2D eigenvalue weighted by Gasteiger charge is 2.47. The highest BCUT2D eigenvalue weighted by atomic mass is 16.5. The van der Waals surface area contributed by atoms with Crippen molar-refractivity contribution in [1.82, 2.24) is 0 Å². The van der Waals surface area contributed by atoms with Crippen LogP contribution in [0.5, 0.6) is 0 Å². The van der Waals surface area contributed by atoms with Gasteiger partial charge in [-0.15, -0.1) is 0 Å². The number of rotatable bonds is 1. The van der Waals surface area contributed by atoms with Crippen molar-refractivity contribution in [3.05, 3.63) is 12.2 Å². The molecule has 2 N–H and O–H groups in total. The first-order chi connectivity index (χ1) is 11.0. The van der Waals surface area contributed by atoms with Gasteiger partial charge in [0.05, 0.1) is 22.9 Å². The smallest absolute Gasteiger partial charge is 0.136 e. The van der Waals surface area contributed by atoms with E-state index in [0.717, 1.165) is 12.8 Å². The summed E-state index contributed by atoms with van der Waals surface area (Å²) in [6.07, 6.45) is 7.01. The molecular weight excluding hydrogens is 304 g/mol. The van der Waals surface area contributed by atoms with Gasteiger partial charge in [0.2, 0.25) is 0 Å². The molecule has 2 heterocycles.